The molecular weight excluding hydrogens is 276 g/mol. The maximum absolute atomic E-state index is 10.3. The summed E-state index contributed by atoms with van der Waals surface area (Å²) in [5, 5.41) is 10.3. The first-order valence-electron chi connectivity index (χ1n) is 7.83. The van der Waals surface area contributed by atoms with Gasteiger partial charge in [0, 0.05) is 19.6 Å². The molecule has 1 N–H and O–H groups in total. The Labute approximate surface area is 134 Å². The molecule has 0 aromatic heterocycles. The summed E-state index contributed by atoms with van der Waals surface area (Å²) in [7, 11) is 1.64. The molecule has 0 fully saturated rings. The summed E-state index contributed by atoms with van der Waals surface area (Å²) in [6, 6.07) is 10.1. The molecule has 0 amide bonds. The standard InChI is InChI=1S/C19H28O3/c1-5-9-16(3)19(20)18(21-4)12-15(2)13-22-14-17-10-7-6-8-11-17/h6-8,10-11,15-16,18-20H,12-14H2,1-4H3/t15-,16-,18-,19+/m0/s1. The SMILES string of the molecule is CC#C[C@H](C)[C@@H](O)[C@H](C[C@H](C)COCc1ccccc1)OC. The van der Waals surface area contributed by atoms with Crippen LogP contribution in [0.15, 0.2) is 30.3 Å². The van der Waals surface area contributed by atoms with Gasteiger partial charge in [-0.05, 0) is 31.7 Å². The van der Waals surface area contributed by atoms with Crippen LogP contribution in [-0.2, 0) is 16.1 Å². The molecule has 3 heteroatoms. The number of hydrogen-bond donors (Lipinski definition) is 1. The molecule has 0 aliphatic rings. The van der Waals surface area contributed by atoms with Crippen LogP contribution in [0.2, 0.25) is 0 Å². The molecule has 0 heterocycles. The molecule has 3 nitrogen and oxygen atoms in total. The van der Waals surface area contributed by atoms with Gasteiger partial charge in [-0.3, -0.25) is 0 Å². The van der Waals surface area contributed by atoms with Crippen LogP contribution < -0.4 is 0 Å². The zero-order valence-electron chi connectivity index (χ0n) is 14.1. The first-order valence-corrected chi connectivity index (χ1v) is 7.83. The van der Waals surface area contributed by atoms with Gasteiger partial charge in [-0.15, -0.1) is 5.92 Å². The molecular formula is C19H28O3. The highest BCUT2D eigenvalue weighted by molar-refractivity contribution is 5.13. The van der Waals surface area contributed by atoms with Gasteiger partial charge in [0.25, 0.3) is 0 Å². The third kappa shape index (κ3) is 6.62. The monoisotopic (exact) mass is 304 g/mol. The van der Waals surface area contributed by atoms with Crippen LogP contribution in [0.25, 0.3) is 0 Å². The minimum Gasteiger partial charge on any atom is -0.389 e. The lowest BCUT2D eigenvalue weighted by molar-refractivity contribution is -0.0447. The lowest BCUT2D eigenvalue weighted by Gasteiger charge is -2.26. The van der Waals surface area contributed by atoms with Crippen molar-refractivity contribution in [2.75, 3.05) is 13.7 Å². The van der Waals surface area contributed by atoms with E-state index in [0.29, 0.717) is 19.1 Å². The number of methoxy groups -OCH3 is 1. The van der Waals surface area contributed by atoms with E-state index in [4.69, 9.17) is 9.47 Å². The van der Waals surface area contributed by atoms with E-state index in [2.05, 4.69) is 30.9 Å². The number of benzene rings is 1. The number of aliphatic hydroxyl groups excluding tert-OH is 1. The van der Waals surface area contributed by atoms with Crippen LogP contribution >= 0.6 is 0 Å². The lowest BCUT2D eigenvalue weighted by Crippen LogP contribution is -2.35. The Balaban J connectivity index is 2.37. The Hall–Kier alpha value is -1.34. The maximum Gasteiger partial charge on any atom is 0.0936 e. The van der Waals surface area contributed by atoms with Crippen LogP contribution in [0, 0.1) is 23.7 Å². The van der Waals surface area contributed by atoms with Crippen molar-refractivity contribution in [1.82, 2.24) is 0 Å². The molecule has 1 rings (SSSR count). The Morgan fingerprint density at radius 2 is 1.86 bits per heavy atom. The van der Waals surface area contributed by atoms with Crippen LogP contribution in [0.1, 0.15) is 32.8 Å². The summed E-state index contributed by atoms with van der Waals surface area (Å²) in [6.45, 7) is 7.08. The van der Waals surface area contributed by atoms with Crippen molar-refractivity contribution >= 4 is 0 Å². The van der Waals surface area contributed by atoms with E-state index in [-0.39, 0.29) is 12.0 Å². The van der Waals surface area contributed by atoms with Crippen molar-refractivity contribution in [3.63, 3.8) is 0 Å². The summed E-state index contributed by atoms with van der Waals surface area (Å²) in [5.74, 6) is 6.05. The van der Waals surface area contributed by atoms with E-state index < -0.39 is 6.10 Å². The first-order chi connectivity index (χ1) is 10.6. The number of ether oxygens (including phenoxy) is 2. The summed E-state index contributed by atoms with van der Waals surface area (Å²) < 4.78 is 11.2. The summed E-state index contributed by atoms with van der Waals surface area (Å²) in [6.07, 6.45) is -0.0393. The van der Waals surface area contributed by atoms with E-state index in [9.17, 15) is 5.11 Å². The van der Waals surface area contributed by atoms with E-state index >= 15 is 0 Å². The number of aliphatic hydroxyl groups is 1. The zero-order valence-corrected chi connectivity index (χ0v) is 14.1. The van der Waals surface area contributed by atoms with Gasteiger partial charge in [0.1, 0.15) is 0 Å². The van der Waals surface area contributed by atoms with Crippen LogP contribution in [0.4, 0.5) is 0 Å². The van der Waals surface area contributed by atoms with Crippen molar-refractivity contribution < 1.29 is 14.6 Å². The molecule has 0 aliphatic carbocycles. The van der Waals surface area contributed by atoms with Gasteiger partial charge in [0.15, 0.2) is 0 Å². The van der Waals surface area contributed by atoms with E-state index in [1.165, 1.54) is 5.56 Å². The Bertz CT molecular complexity index is 461. The average molecular weight is 304 g/mol. The van der Waals surface area contributed by atoms with Gasteiger partial charge < -0.3 is 14.6 Å². The van der Waals surface area contributed by atoms with Crippen molar-refractivity contribution in [1.29, 1.82) is 0 Å². The minimum atomic E-state index is -0.575. The van der Waals surface area contributed by atoms with Gasteiger partial charge in [-0.1, -0.05) is 43.2 Å². The third-order valence-electron chi connectivity index (χ3n) is 3.72. The molecule has 0 bridgehead atoms. The van der Waals surface area contributed by atoms with E-state index in [0.717, 1.165) is 6.42 Å². The van der Waals surface area contributed by atoms with Crippen molar-refractivity contribution in [2.24, 2.45) is 11.8 Å². The number of rotatable bonds is 9. The molecule has 0 saturated carbocycles. The van der Waals surface area contributed by atoms with Gasteiger partial charge >= 0.3 is 0 Å². The maximum atomic E-state index is 10.3. The molecule has 1 aromatic rings. The highest BCUT2D eigenvalue weighted by Gasteiger charge is 2.25. The van der Waals surface area contributed by atoms with Crippen molar-refractivity contribution in [3.8, 4) is 11.8 Å². The number of hydrogen-bond acceptors (Lipinski definition) is 3. The van der Waals surface area contributed by atoms with Gasteiger partial charge in [0.2, 0.25) is 0 Å². The highest BCUT2D eigenvalue weighted by atomic mass is 16.5. The summed E-state index contributed by atoms with van der Waals surface area (Å²) >= 11 is 0. The normalized spacial score (nSPS) is 16.2. The largest absolute Gasteiger partial charge is 0.389 e. The molecule has 1 aromatic carbocycles. The molecule has 0 spiro atoms. The predicted octanol–water partition coefficient (Wildman–Crippen LogP) is 3.26. The fourth-order valence-corrected chi connectivity index (χ4v) is 2.43. The smallest absolute Gasteiger partial charge is 0.0936 e. The second kappa shape index (κ2) is 10.4. The van der Waals surface area contributed by atoms with Gasteiger partial charge in [-0.2, -0.15) is 0 Å². The first kappa shape index (κ1) is 18.7. The highest BCUT2D eigenvalue weighted by Crippen LogP contribution is 2.18. The lowest BCUT2D eigenvalue weighted by atomic mass is 9.93. The van der Waals surface area contributed by atoms with Crippen LogP contribution in [-0.4, -0.2) is 31.0 Å². The molecule has 0 aliphatic heterocycles. The zero-order chi connectivity index (χ0) is 16.4. The van der Waals surface area contributed by atoms with Crippen LogP contribution in [0.3, 0.4) is 0 Å². The van der Waals surface area contributed by atoms with E-state index in [1.54, 1.807) is 14.0 Å². The van der Waals surface area contributed by atoms with Crippen LogP contribution in [0.5, 0.6) is 0 Å². The third-order valence-corrected chi connectivity index (χ3v) is 3.72. The molecule has 0 unspecified atom stereocenters. The fourth-order valence-electron chi connectivity index (χ4n) is 2.43. The molecule has 22 heavy (non-hydrogen) atoms. The van der Waals surface area contributed by atoms with Gasteiger partial charge in [-0.25, -0.2) is 0 Å². The fraction of sp³-hybridized carbons (Fsp3) is 0.579. The minimum absolute atomic E-state index is 0.0904. The quantitative estimate of drug-likeness (QED) is 0.712. The Kier molecular flexibility index (Phi) is 8.84. The average Bonchev–Trinajstić information content (AvgIpc) is 2.53. The topological polar surface area (TPSA) is 38.7 Å². The summed E-state index contributed by atoms with van der Waals surface area (Å²) in [4.78, 5) is 0. The van der Waals surface area contributed by atoms with E-state index in [1.807, 2.05) is 25.1 Å². The Morgan fingerprint density at radius 3 is 2.45 bits per heavy atom. The van der Waals surface area contributed by atoms with Gasteiger partial charge in [0.05, 0.1) is 18.8 Å². The Morgan fingerprint density at radius 1 is 1.18 bits per heavy atom. The summed E-state index contributed by atoms with van der Waals surface area (Å²) in [5.41, 5.74) is 1.17. The predicted molar refractivity (Wildman–Crippen MR) is 89.3 cm³/mol. The second-order valence-corrected chi connectivity index (χ2v) is 5.79. The van der Waals surface area contributed by atoms with Crippen molar-refractivity contribution in [3.05, 3.63) is 35.9 Å². The molecule has 4 atom stereocenters. The second-order valence-electron chi connectivity index (χ2n) is 5.79. The molecule has 0 saturated heterocycles. The molecule has 122 valence electrons. The molecule has 0 radical (unpaired) electrons. The van der Waals surface area contributed by atoms with Crippen molar-refractivity contribution in [2.45, 2.75) is 46.0 Å².